The molecule has 2 aromatic rings. The molecule has 0 aliphatic heterocycles. The molecular formula is C22H32N4O4S. The predicted molar refractivity (Wildman–Crippen MR) is 121 cm³/mol. The van der Waals surface area contributed by atoms with Crippen LogP contribution >= 0.6 is 11.8 Å². The molecule has 31 heavy (non-hydrogen) atoms. The van der Waals surface area contributed by atoms with Gasteiger partial charge in [-0.25, -0.2) is 4.79 Å². The molecule has 1 aromatic carbocycles. The maximum Gasteiger partial charge on any atom is 0.408 e. The number of alkyl carbamates (subject to hydrolysis) is 1. The van der Waals surface area contributed by atoms with Gasteiger partial charge in [0, 0.05) is 5.69 Å². The SMILES string of the molecule is CCC(C)[C@H](NC(=O)OC(C)(C)C)c1nnc(SCC(=O)Nc2cccc(C)c2C)o1. The van der Waals surface area contributed by atoms with Gasteiger partial charge in [0.15, 0.2) is 0 Å². The van der Waals surface area contributed by atoms with Crippen LogP contribution < -0.4 is 10.6 Å². The Morgan fingerprint density at radius 3 is 2.58 bits per heavy atom. The fourth-order valence-electron chi connectivity index (χ4n) is 2.72. The van der Waals surface area contributed by atoms with Crippen LogP contribution in [-0.4, -0.2) is 33.6 Å². The number of nitrogens with zero attached hydrogens (tertiary/aromatic N) is 2. The van der Waals surface area contributed by atoms with Crippen molar-refractivity contribution in [2.75, 3.05) is 11.1 Å². The van der Waals surface area contributed by atoms with Crippen LogP contribution in [0, 0.1) is 19.8 Å². The summed E-state index contributed by atoms with van der Waals surface area (Å²) in [5.41, 5.74) is 2.32. The molecule has 8 nitrogen and oxygen atoms in total. The summed E-state index contributed by atoms with van der Waals surface area (Å²) >= 11 is 1.15. The van der Waals surface area contributed by atoms with Crippen LogP contribution in [0.25, 0.3) is 0 Å². The van der Waals surface area contributed by atoms with Gasteiger partial charge in [-0.2, -0.15) is 0 Å². The first-order valence-corrected chi connectivity index (χ1v) is 11.3. The van der Waals surface area contributed by atoms with Gasteiger partial charge in [0.25, 0.3) is 5.22 Å². The molecule has 0 fully saturated rings. The van der Waals surface area contributed by atoms with Crippen molar-refractivity contribution < 1.29 is 18.7 Å². The van der Waals surface area contributed by atoms with E-state index in [9.17, 15) is 9.59 Å². The quantitative estimate of drug-likeness (QED) is 0.546. The number of hydrogen-bond acceptors (Lipinski definition) is 7. The fraction of sp³-hybridized carbons (Fsp3) is 0.545. The minimum atomic E-state index is -0.608. The standard InChI is InChI=1S/C22H32N4O4S/c1-8-13(2)18(24-20(28)30-22(5,6)7)19-25-26-21(29-19)31-12-17(27)23-16-11-9-10-14(3)15(16)4/h9-11,13,18H,8,12H2,1-7H3,(H,23,27)(H,24,28)/t13?,18-/m0/s1. The molecule has 2 N–H and O–H groups in total. The average molecular weight is 449 g/mol. The lowest BCUT2D eigenvalue weighted by Crippen LogP contribution is -2.37. The first-order chi connectivity index (χ1) is 14.5. The summed E-state index contributed by atoms with van der Waals surface area (Å²) in [6.07, 6.45) is 0.252. The molecule has 0 bridgehead atoms. The summed E-state index contributed by atoms with van der Waals surface area (Å²) in [4.78, 5) is 24.6. The van der Waals surface area contributed by atoms with Crippen molar-refractivity contribution in [2.24, 2.45) is 5.92 Å². The van der Waals surface area contributed by atoms with Crippen molar-refractivity contribution in [2.45, 2.75) is 71.8 Å². The number of nitrogens with one attached hydrogen (secondary N) is 2. The molecule has 1 aromatic heterocycles. The number of aromatic nitrogens is 2. The lowest BCUT2D eigenvalue weighted by molar-refractivity contribution is -0.113. The van der Waals surface area contributed by atoms with Gasteiger partial charge in [-0.1, -0.05) is 44.2 Å². The molecule has 2 atom stereocenters. The molecule has 1 unspecified atom stereocenters. The highest BCUT2D eigenvalue weighted by Gasteiger charge is 2.28. The highest BCUT2D eigenvalue weighted by molar-refractivity contribution is 7.99. The van der Waals surface area contributed by atoms with Crippen molar-refractivity contribution in [1.29, 1.82) is 0 Å². The Labute approximate surface area is 187 Å². The van der Waals surface area contributed by atoms with Crippen molar-refractivity contribution in [3.63, 3.8) is 0 Å². The molecule has 0 spiro atoms. The zero-order valence-corrected chi connectivity index (χ0v) is 20.1. The number of carbonyl (C=O) groups is 2. The van der Waals surface area contributed by atoms with Crippen LogP contribution in [0.4, 0.5) is 10.5 Å². The third kappa shape index (κ3) is 7.57. The van der Waals surface area contributed by atoms with E-state index in [2.05, 4.69) is 20.8 Å². The van der Waals surface area contributed by atoms with Gasteiger partial charge in [-0.05, 0) is 57.7 Å². The first-order valence-electron chi connectivity index (χ1n) is 10.3. The fourth-order valence-corrected chi connectivity index (χ4v) is 3.29. The Bertz CT molecular complexity index is 907. The average Bonchev–Trinajstić information content (AvgIpc) is 3.15. The number of benzene rings is 1. The van der Waals surface area contributed by atoms with Gasteiger partial charge < -0.3 is 19.8 Å². The van der Waals surface area contributed by atoms with E-state index < -0.39 is 17.7 Å². The van der Waals surface area contributed by atoms with Crippen molar-refractivity contribution >= 4 is 29.4 Å². The number of hydrogen-bond donors (Lipinski definition) is 2. The molecule has 0 aliphatic carbocycles. The van der Waals surface area contributed by atoms with Crippen molar-refractivity contribution in [3.05, 3.63) is 35.2 Å². The Kier molecular flexibility index (Phi) is 8.50. The summed E-state index contributed by atoms with van der Waals surface area (Å²) < 4.78 is 11.1. The third-order valence-electron chi connectivity index (χ3n) is 4.78. The number of anilines is 1. The normalized spacial score (nSPS) is 13.4. The molecule has 0 radical (unpaired) electrons. The number of thioether (sulfide) groups is 1. The topological polar surface area (TPSA) is 106 Å². The molecule has 0 saturated carbocycles. The van der Waals surface area contributed by atoms with E-state index in [1.54, 1.807) is 20.8 Å². The molecular weight excluding hydrogens is 416 g/mol. The molecule has 2 rings (SSSR count). The highest BCUT2D eigenvalue weighted by atomic mass is 32.2. The lowest BCUT2D eigenvalue weighted by Gasteiger charge is -2.24. The summed E-state index contributed by atoms with van der Waals surface area (Å²) in [6, 6.07) is 5.29. The van der Waals surface area contributed by atoms with Crippen LogP contribution in [0.3, 0.4) is 0 Å². The van der Waals surface area contributed by atoms with E-state index in [1.807, 2.05) is 45.9 Å². The van der Waals surface area contributed by atoms with Crippen molar-refractivity contribution in [1.82, 2.24) is 15.5 Å². The molecule has 1 heterocycles. The number of amides is 2. The highest BCUT2D eigenvalue weighted by Crippen LogP contribution is 2.27. The van der Waals surface area contributed by atoms with Gasteiger partial charge in [0.2, 0.25) is 11.8 Å². The predicted octanol–water partition coefficient (Wildman–Crippen LogP) is 5.03. The maximum absolute atomic E-state index is 12.3. The van der Waals surface area contributed by atoms with E-state index in [0.29, 0.717) is 0 Å². The van der Waals surface area contributed by atoms with E-state index in [1.165, 1.54) is 0 Å². The van der Waals surface area contributed by atoms with Crippen LogP contribution in [0.2, 0.25) is 0 Å². The first kappa shape index (κ1) is 24.7. The minimum Gasteiger partial charge on any atom is -0.444 e. The molecule has 170 valence electrons. The monoisotopic (exact) mass is 448 g/mol. The van der Waals surface area contributed by atoms with Gasteiger partial charge in [-0.15, -0.1) is 10.2 Å². The van der Waals surface area contributed by atoms with Gasteiger partial charge in [-0.3, -0.25) is 4.79 Å². The smallest absolute Gasteiger partial charge is 0.408 e. The number of rotatable bonds is 8. The summed E-state index contributed by atoms with van der Waals surface area (Å²) in [5.74, 6) is 0.308. The largest absolute Gasteiger partial charge is 0.444 e. The van der Waals surface area contributed by atoms with E-state index >= 15 is 0 Å². The molecule has 2 amide bonds. The number of carbonyl (C=O) groups excluding carboxylic acids is 2. The molecule has 0 saturated heterocycles. The second-order valence-corrected chi connectivity index (χ2v) is 9.43. The maximum atomic E-state index is 12.3. The Hall–Kier alpha value is -2.55. The number of aryl methyl sites for hydroxylation is 1. The number of ether oxygens (including phenoxy) is 1. The van der Waals surface area contributed by atoms with Gasteiger partial charge in [0.05, 0.1) is 5.75 Å². The third-order valence-corrected chi connectivity index (χ3v) is 5.60. The van der Waals surface area contributed by atoms with E-state index in [4.69, 9.17) is 9.15 Å². The van der Waals surface area contributed by atoms with Crippen molar-refractivity contribution in [3.8, 4) is 0 Å². The second-order valence-electron chi connectivity index (χ2n) is 8.50. The van der Waals surface area contributed by atoms with Crippen LogP contribution in [0.15, 0.2) is 27.8 Å². The van der Waals surface area contributed by atoms with E-state index in [0.717, 1.165) is 35.0 Å². The van der Waals surface area contributed by atoms with E-state index in [-0.39, 0.29) is 28.7 Å². The van der Waals surface area contributed by atoms with Gasteiger partial charge >= 0.3 is 6.09 Å². The zero-order chi connectivity index (χ0) is 23.2. The summed E-state index contributed by atoms with van der Waals surface area (Å²) in [7, 11) is 0. The second kappa shape index (κ2) is 10.7. The molecule has 0 aliphatic rings. The Morgan fingerprint density at radius 2 is 1.94 bits per heavy atom. The Balaban J connectivity index is 2.00. The summed E-state index contributed by atoms with van der Waals surface area (Å²) in [6.45, 7) is 13.4. The van der Waals surface area contributed by atoms with Crippen LogP contribution in [0.5, 0.6) is 0 Å². The van der Waals surface area contributed by atoms with Crippen LogP contribution in [0.1, 0.15) is 64.1 Å². The Morgan fingerprint density at radius 1 is 1.23 bits per heavy atom. The van der Waals surface area contributed by atoms with Crippen LogP contribution in [-0.2, 0) is 9.53 Å². The van der Waals surface area contributed by atoms with Gasteiger partial charge in [0.1, 0.15) is 11.6 Å². The summed E-state index contributed by atoms with van der Waals surface area (Å²) in [5, 5.41) is 14.1. The molecule has 9 heteroatoms. The minimum absolute atomic E-state index is 0.0541. The lowest BCUT2D eigenvalue weighted by atomic mass is 9.99. The zero-order valence-electron chi connectivity index (χ0n) is 19.2.